The molecule has 2 aromatic carbocycles. The van der Waals surface area contributed by atoms with E-state index < -0.39 is 4.92 Å². The van der Waals surface area contributed by atoms with Crippen LogP contribution in [0, 0.1) is 17.0 Å². The summed E-state index contributed by atoms with van der Waals surface area (Å²) in [6, 6.07) is 13.0. The topological polar surface area (TPSA) is 69.2 Å². The Hall–Kier alpha value is -2.36. The highest BCUT2D eigenvalue weighted by atomic mass is 16.6. The van der Waals surface area contributed by atoms with Crippen molar-refractivity contribution in [1.82, 2.24) is 0 Å². The van der Waals surface area contributed by atoms with E-state index in [0.717, 1.165) is 11.1 Å². The molecular weight excluding hydrogens is 228 g/mol. The first-order valence-electron chi connectivity index (χ1n) is 5.65. The van der Waals surface area contributed by atoms with E-state index in [4.69, 9.17) is 5.73 Å². The van der Waals surface area contributed by atoms with Gasteiger partial charge >= 0.3 is 0 Å². The minimum absolute atomic E-state index is 0.0268. The predicted octanol–water partition coefficient (Wildman–Crippen LogP) is 3.08. The van der Waals surface area contributed by atoms with Crippen molar-refractivity contribution in [1.29, 1.82) is 0 Å². The van der Waals surface area contributed by atoms with E-state index in [9.17, 15) is 10.1 Å². The van der Waals surface area contributed by atoms with Crippen LogP contribution < -0.4 is 5.73 Å². The van der Waals surface area contributed by atoms with Gasteiger partial charge in [-0.2, -0.15) is 0 Å². The van der Waals surface area contributed by atoms with Gasteiger partial charge in [0.25, 0.3) is 5.69 Å². The molecule has 0 atom stereocenters. The first kappa shape index (κ1) is 12.1. The molecule has 92 valence electrons. The third-order valence-corrected chi connectivity index (χ3v) is 2.95. The summed E-state index contributed by atoms with van der Waals surface area (Å²) in [6.07, 6.45) is 0.674. The van der Waals surface area contributed by atoms with Gasteiger partial charge in [-0.25, -0.2) is 0 Å². The van der Waals surface area contributed by atoms with E-state index in [1.165, 1.54) is 5.56 Å². The average molecular weight is 242 g/mol. The van der Waals surface area contributed by atoms with Crippen LogP contribution in [0.4, 0.5) is 11.4 Å². The van der Waals surface area contributed by atoms with Crippen LogP contribution in [0.1, 0.15) is 16.7 Å². The summed E-state index contributed by atoms with van der Waals surface area (Å²) in [7, 11) is 0. The fourth-order valence-corrected chi connectivity index (χ4v) is 1.89. The number of nitrogens with zero attached hydrogens (tertiary/aromatic N) is 1. The molecular formula is C14H14N2O2. The van der Waals surface area contributed by atoms with Crippen molar-refractivity contribution in [2.24, 2.45) is 0 Å². The molecule has 0 aliphatic rings. The Labute approximate surface area is 105 Å². The van der Waals surface area contributed by atoms with Crippen LogP contribution in [0.25, 0.3) is 0 Å². The van der Waals surface area contributed by atoms with Crippen LogP contribution in [0.2, 0.25) is 0 Å². The van der Waals surface area contributed by atoms with Crippen LogP contribution in [0.5, 0.6) is 0 Å². The molecule has 0 saturated heterocycles. The third kappa shape index (κ3) is 2.48. The van der Waals surface area contributed by atoms with Gasteiger partial charge in [-0.3, -0.25) is 10.1 Å². The molecule has 0 aliphatic carbocycles. The molecule has 2 aromatic rings. The number of hydrogen-bond donors (Lipinski definition) is 1. The second kappa shape index (κ2) is 4.87. The maximum atomic E-state index is 10.8. The first-order chi connectivity index (χ1) is 8.58. The van der Waals surface area contributed by atoms with Crippen LogP contribution >= 0.6 is 0 Å². The van der Waals surface area contributed by atoms with Crippen LogP contribution in [-0.2, 0) is 6.42 Å². The number of nitro groups is 1. The average Bonchev–Trinajstić information content (AvgIpc) is 2.34. The molecule has 2 rings (SSSR count). The minimum Gasteiger partial charge on any atom is -0.393 e. The monoisotopic (exact) mass is 242 g/mol. The maximum absolute atomic E-state index is 10.8. The van der Waals surface area contributed by atoms with E-state index in [-0.39, 0.29) is 11.4 Å². The summed E-state index contributed by atoms with van der Waals surface area (Å²) in [6.45, 7) is 2.03. The fourth-order valence-electron chi connectivity index (χ4n) is 1.89. The zero-order valence-corrected chi connectivity index (χ0v) is 10.1. The second-order valence-corrected chi connectivity index (χ2v) is 4.25. The normalized spacial score (nSPS) is 10.3. The summed E-state index contributed by atoms with van der Waals surface area (Å²) < 4.78 is 0. The number of nitro benzene ring substituents is 1. The molecule has 0 bridgehead atoms. The maximum Gasteiger partial charge on any atom is 0.292 e. The van der Waals surface area contributed by atoms with Crippen molar-refractivity contribution >= 4 is 11.4 Å². The molecule has 0 fully saturated rings. The number of benzene rings is 2. The number of anilines is 1. The Morgan fingerprint density at radius 3 is 2.61 bits per heavy atom. The molecule has 0 saturated carbocycles. The van der Waals surface area contributed by atoms with Gasteiger partial charge in [0.2, 0.25) is 0 Å². The Morgan fingerprint density at radius 1 is 1.22 bits per heavy atom. The Kier molecular flexibility index (Phi) is 3.28. The van der Waals surface area contributed by atoms with E-state index in [0.29, 0.717) is 6.42 Å². The standard InChI is InChI=1S/C14H14N2O2/c1-10-4-2-3-5-12(10)8-11-6-7-13(15)14(9-11)16(17)18/h2-7,9H,8,15H2,1H3. The SMILES string of the molecule is Cc1ccccc1Cc1ccc(N)c([N+](=O)[O-])c1. The molecule has 0 aromatic heterocycles. The van der Waals surface area contributed by atoms with E-state index in [2.05, 4.69) is 0 Å². The highest BCUT2D eigenvalue weighted by Gasteiger charge is 2.12. The lowest BCUT2D eigenvalue weighted by molar-refractivity contribution is -0.383. The highest BCUT2D eigenvalue weighted by molar-refractivity contribution is 5.59. The van der Waals surface area contributed by atoms with Gasteiger partial charge in [0.1, 0.15) is 5.69 Å². The largest absolute Gasteiger partial charge is 0.393 e. The summed E-state index contributed by atoms with van der Waals surface area (Å²) in [5.41, 5.74) is 8.98. The van der Waals surface area contributed by atoms with Gasteiger partial charge in [-0.05, 0) is 36.1 Å². The molecule has 0 radical (unpaired) electrons. The summed E-state index contributed by atoms with van der Waals surface area (Å²) in [5, 5.41) is 10.8. The highest BCUT2D eigenvalue weighted by Crippen LogP contribution is 2.24. The number of hydrogen-bond acceptors (Lipinski definition) is 3. The molecule has 4 heteroatoms. The van der Waals surface area contributed by atoms with Crippen molar-refractivity contribution in [3.63, 3.8) is 0 Å². The van der Waals surface area contributed by atoms with Gasteiger partial charge in [-0.1, -0.05) is 30.3 Å². The molecule has 0 spiro atoms. The molecule has 0 amide bonds. The summed E-state index contributed by atoms with van der Waals surface area (Å²) >= 11 is 0. The zero-order chi connectivity index (χ0) is 13.1. The van der Waals surface area contributed by atoms with Gasteiger partial charge in [0.15, 0.2) is 0 Å². The van der Waals surface area contributed by atoms with Crippen molar-refractivity contribution in [3.05, 3.63) is 69.3 Å². The molecule has 0 aliphatic heterocycles. The first-order valence-corrected chi connectivity index (χ1v) is 5.65. The van der Waals surface area contributed by atoms with Gasteiger partial charge in [0, 0.05) is 6.07 Å². The quantitative estimate of drug-likeness (QED) is 0.511. The number of nitrogen functional groups attached to an aromatic ring is 1. The Morgan fingerprint density at radius 2 is 1.94 bits per heavy atom. The molecule has 0 heterocycles. The Bertz CT molecular complexity index is 594. The Balaban J connectivity index is 2.33. The summed E-state index contributed by atoms with van der Waals surface area (Å²) in [5.74, 6) is 0. The molecule has 18 heavy (non-hydrogen) atoms. The third-order valence-electron chi connectivity index (χ3n) is 2.95. The minimum atomic E-state index is -0.448. The lowest BCUT2D eigenvalue weighted by Gasteiger charge is -2.06. The fraction of sp³-hybridized carbons (Fsp3) is 0.143. The van der Waals surface area contributed by atoms with Crippen molar-refractivity contribution in [2.75, 3.05) is 5.73 Å². The smallest absolute Gasteiger partial charge is 0.292 e. The lowest BCUT2D eigenvalue weighted by atomic mass is 10.00. The van der Waals surface area contributed by atoms with Crippen molar-refractivity contribution in [3.8, 4) is 0 Å². The van der Waals surface area contributed by atoms with Crippen LogP contribution in [0.15, 0.2) is 42.5 Å². The van der Waals surface area contributed by atoms with E-state index in [1.807, 2.05) is 37.3 Å². The van der Waals surface area contributed by atoms with Crippen molar-refractivity contribution < 1.29 is 4.92 Å². The predicted molar refractivity (Wildman–Crippen MR) is 71.5 cm³/mol. The van der Waals surface area contributed by atoms with E-state index in [1.54, 1.807) is 12.1 Å². The van der Waals surface area contributed by atoms with Gasteiger partial charge in [0.05, 0.1) is 4.92 Å². The molecule has 2 N–H and O–H groups in total. The molecule has 0 unspecified atom stereocenters. The van der Waals surface area contributed by atoms with Crippen LogP contribution in [0.3, 0.4) is 0 Å². The summed E-state index contributed by atoms with van der Waals surface area (Å²) in [4.78, 5) is 10.4. The number of nitrogens with two attached hydrogens (primary N) is 1. The zero-order valence-electron chi connectivity index (χ0n) is 10.1. The van der Waals surface area contributed by atoms with Gasteiger partial charge < -0.3 is 5.73 Å². The van der Waals surface area contributed by atoms with E-state index >= 15 is 0 Å². The van der Waals surface area contributed by atoms with Crippen LogP contribution in [-0.4, -0.2) is 4.92 Å². The number of aryl methyl sites for hydroxylation is 1. The van der Waals surface area contributed by atoms with Crippen molar-refractivity contribution in [2.45, 2.75) is 13.3 Å². The number of rotatable bonds is 3. The lowest BCUT2D eigenvalue weighted by Crippen LogP contribution is -1.98. The second-order valence-electron chi connectivity index (χ2n) is 4.25. The molecule has 4 nitrogen and oxygen atoms in total. The van der Waals surface area contributed by atoms with Gasteiger partial charge in [-0.15, -0.1) is 0 Å².